The van der Waals surface area contributed by atoms with Crippen LogP contribution in [0.15, 0.2) is 29.4 Å². The van der Waals surface area contributed by atoms with Crippen LogP contribution in [-0.2, 0) is 5.75 Å². The molecule has 0 radical (unpaired) electrons. The molecule has 0 aliphatic rings. The second kappa shape index (κ2) is 7.37. The van der Waals surface area contributed by atoms with Crippen molar-refractivity contribution in [2.45, 2.75) is 23.9 Å². The van der Waals surface area contributed by atoms with Gasteiger partial charge in [0.15, 0.2) is 16.8 Å². The number of benzene rings is 1. The molecule has 0 saturated carbocycles. The molecule has 0 aliphatic heterocycles. The van der Waals surface area contributed by atoms with Crippen molar-refractivity contribution >= 4 is 17.6 Å². The van der Waals surface area contributed by atoms with Gasteiger partial charge in [-0.1, -0.05) is 23.9 Å². The minimum absolute atomic E-state index is 0.0955. The zero-order chi connectivity index (χ0) is 16.1. The van der Waals surface area contributed by atoms with E-state index in [1.54, 1.807) is 6.92 Å². The van der Waals surface area contributed by atoms with Crippen LogP contribution in [0.25, 0.3) is 0 Å². The lowest BCUT2D eigenvalue weighted by atomic mass is 10.2. The van der Waals surface area contributed by atoms with Gasteiger partial charge in [-0.2, -0.15) is 4.98 Å². The maximum atomic E-state index is 13.6. The van der Waals surface area contributed by atoms with Gasteiger partial charge >= 0.3 is 0 Å². The summed E-state index contributed by atoms with van der Waals surface area (Å²) in [5.41, 5.74) is 0.190. The number of hydrogen-bond acceptors (Lipinski definition) is 6. The van der Waals surface area contributed by atoms with E-state index in [-0.39, 0.29) is 35.0 Å². The van der Waals surface area contributed by atoms with E-state index in [4.69, 9.17) is 5.11 Å². The first-order valence-corrected chi connectivity index (χ1v) is 7.49. The van der Waals surface area contributed by atoms with Crippen molar-refractivity contribution in [1.29, 1.82) is 0 Å². The number of aromatic nitrogens is 2. The second-order valence-corrected chi connectivity index (χ2v) is 5.57. The summed E-state index contributed by atoms with van der Waals surface area (Å²) in [5.74, 6) is -1.58. The minimum Gasteiger partial charge on any atom is -0.493 e. The fraction of sp³-hybridized carbons (Fsp3) is 0.286. The molecule has 1 atom stereocenters. The summed E-state index contributed by atoms with van der Waals surface area (Å²) in [5, 5.41) is 21.7. The highest BCUT2D eigenvalue weighted by molar-refractivity contribution is 7.98. The highest BCUT2D eigenvalue weighted by Gasteiger charge is 2.11. The van der Waals surface area contributed by atoms with Gasteiger partial charge in [0.05, 0.1) is 6.61 Å². The van der Waals surface area contributed by atoms with Crippen molar-refractivity contribution < 1.29 is 19.0 Å². The summed E-state index contributed by atoms with van der Waals surface area (Å²) < 4.78 is 26.7. The molecule has 8 heteroatoms. The monoisotopic (exact) mass is 327 g/mol. The topological polar surface area (TPSA) is 78.3 Å². The Morgan fingerprint density at radius 1 is 1.32 bits per heavy atom. The van der Waals surface area contributed by atoms with Gasteiger partial charge in [-0.05, 0) is 13.0 Å². The molecule has 0 amide bonds. The first kappa shape index (κ1) is 16.4. The molecule has 22 heavy (non-hydrogen) atoms. The molecule has 3 N–H and O–H groups in total. The van der Waals surface area contributed by atoms with Crippen LogP contribution in [0.3, 0.4) is 0 Å². The van der Waals surface area contributed by atoms with Gasteiger partial charge in [0.25, 0.3) is 0 Å². The average Bonchev–Trinajstić information content (AvgIpc) is 2.48. The Morgan fingerprint density at radius 3 is 2.82 bits per heavy atom. The summed E-state index contributed by atoms with van der Waals surface area (Å²) in [7, 11) is 0. The molecular weight excluding hydrogens is 312 g/mol. The molecule has 0 fully saturated rings. The Morgan fingerprint density at radius 2 is 2.09 bits per heavy atom. The van der Waals surface area contributed by atoms with E-state index in [2.05, 4.69) is 15.3 Å². The number of aromatic hydroxyl groups is 1. The van der Waals surface area contributed by atoms with Crippen LogP contribution in [-0.4, -0.2) is 32.8 Å². The number of aliphatic hydroxyl groups excluding tert-OH is 1. The SMILES string of the molecule is C[C@H](CO)Nc1cc(O)nc(SCc2cccc(F)c2F)n1. The highest BCUT2D eigenvalue weighted by Crippen LogP contribution is 2.25. The number of hydrogen-bond donors (Lipinski definition) is 3. The van der Waals surface area contributed by atoms with Crippen molar-refractivity contribution in [3.63, 3.8) is 0 Å². The molecular formula is C14H15F2N3O2S. The third kappa shape index (κ3) is 4.28. The predicted octanol–water partition coefficient (Wildman–Crippen LogP) is 2.55. The largest absolute Gasteiger partial charge is 0.493 e. The average molecular weight is 327 g/mol. The molecule has 2 aromatic rings. The van der Waals surface area contributed by atoms with E-state index in [1.807, 2.05) is 0 Å². The number of halogens is 2. The standard InChI is InChI=1S/C14H15F2N3O2S/c1-8(6-20)17-11-5-12(21)19-14(18-11)22-7-9-3-2-4-10(15)13(9)16/h2-5,8,20H,6-7H2,1H3,(H2,17,18,19,21)/t8-/m1/s1. The fourth-order valence-corrected chi connectivity index (χ4v) is 2.48. The molecule has 118 valence electrons. The van der Waals surface area contributed by atoms with Gasteiger partial charge in [-0.3, -0.25) is 0 Å². The van der Waals surface area contributed by atoms with Crippen molar-refractivity contribution in [3.05, 3.63) is 41.5 Å². The number of thioether (sulfide) groups is 1. The summed E-state index contributed by atoms with van der Waals surface area (Å²) in [6.45, 7) is 1.65. The Hall–Kier alpha value is -1.93. The molecule has 1 aromatic carbocycles. The number of anilines is 1. The lowest BCUT2D eigenvalue weighted by Gasteiger charge is -2.12. The van der Waals surface area contributed by atoms with Gasteiger partial charge in [-0.15, -0.1) is 0 Å². The van der Waals surface area contributed by atoms with Crippen LogP contribution in [0.1, 0.15) is 12.5 Å². The van der Waals surface area contributed by atoms with Crippen molar-refractivity contribution in [2.75, 3.05) is 11.9 Å². The fourth-order valence-electron chi connectivity index (χ4n) is 1.65. The third-order valence-electron chi connectivity index (χ3n) is 2.75. The minimum atomic E-state index is -0.908. The summed E-state index contributed by atoms with van der Waals surface area (Å²) in [4.78, 5) is 7.96. The molecule has 0 bridgehead atoms. The Kier molecular flexibility index (Phi) is 5.51. The number of nitrogens with zero attached hydrogens (tertiary/aromatic N) is 2. The number of rotatable bonds is 6. The van der Waals surface area contributed by atoms with Crippen LogP contribution in [0.2, 0.25) is 0 Å². The normalized spacial score (nSPS) is 12.2. The van der Waals surface area contributed by atoms with Crippen LogP contribution < -0.4 is 5.32 Å². The summed E-state index contributed by atoms with van der Waals surface area (Å²) in [6, 6.07) is 5.02. The number of nitrogens with one attached hydrogen (secondary N) is 1. The van der Waals surface area contributed by atoms with Gasteiger partial charge in [0, 0.05) is 23.4 Å². The van der Waals surface area contributed by atoms with Crippen molar-refractivity contribution in [2.24, 2.45) is 0 Å². The zero-order valence-corrected chi connectivity index (χ0v) is 12.6. The van der Waals surface area contributed by atoms with Crippen molar-refractivity contribution in [1.82, 2.24) is 9.97 Å². The zero-order valence-electron chi connectivity index (χ0n) is 11.8. The summed E-state index contributed by atoms with van der Waals surface area (Å²) >= 11 is 1.07. The molecule has 1 aromatic heterocycles. The van der Waals surface area contributed by atoms with Gasteiger partial charge in [-0.25, -0.2) is 13.8 Å². The molecule has 1 heterocycles. The van der Waals surface area contributed by atoms with E-state index in [0.717, 1.165) is 17.8 Å². The summed E-state index contributed by atoms with van der Waals surface area (Å²) in [6.07, 6.45) is 0. The smallest absolute Gasteiger partial charge is 0.216 e. The Balaban J connectivity index is 2.11. The molecule has 5 nitrogen and oxygen atoms in total. The molecule has 2 rings (SSSR count). The van der Waals surface area contributed by atoms with E-state index >= 15 is 0 Å². The molecule has 0 saturated heterocycles. The maximum absolute atomic E-state index is 13.6. The van der Waals surface area contributed by atoms with Crippen LogP contribution in [0.5, 0.6) is 5.88 Å². The second-order valence-electron chi connectivity index (χ2n) is 4.62. The van der Waals surface area contributed by atoms with E-state index in [9.17, 15) is 13.9 Å². The van der Waals surface area contributed by atoms with E-state index in [1.165, 1.54) is 18.2 Å². The lowest BCUT2D eigenvalue weighted by molar-refractivity contribution is 0.281. The van der Waals surface area contributed by atoms with Crippen LogP contribution in [0.4, 0.5) is 14.6 Å². The number of aliphatic hydroxyl groups is 1. The predicted molar refractivity (Wildman–Crippen MR) is 79.8 cm³/mol. The highest BCUT2D eigenvalue weighted by atomic mass is 32.2. The molecule has 0 spiro atoms. The first-order chi connectivity index (χ1) is 10.5. The Labute approximate surface area is 130 Å². The van der Waals surface area contributed by atoms with Crippen LogP contribution >= 0.6 is 11.8 Å². The van der Waals surface area contributed by atoms with Gasteiger partial charge in [0.1, 0.15) is 5.82 Å². The molecule has 0 unspecified atom stereocenters. The third-order valence-corrected chi connectivity index (χ3v) is 3.64. The lowest BCUT2D eigenvalue weighted by Crippen LogP contribution is -2.20. The van der Waals surface area contributed by atoms with Gasteiger partial charge < -0.3 is 15.5 Å². The maximum Gasteiger partial charge on any atom is 0.216 e. The quantitative estimate of drug-likeness (QED) is 0.559. The van der Waals surface area contributed by atoms with Crippen molar-refractivity contribution in [3.8, 4) is 5.88 Å². The Bertz CT molecular complexity index is 658. The van der Waals surface area contributed by atoms with Crippen LogP contribution in [0, 0.1) is 11.6 Å². The van der Waals surface area contributed by atoms with Gasteiger partial charge in [0.2, 0.25) is 5.88 Å². The molecule has 0 aliphatic carbocycles. The first-order valence-electron chi connectivity index (χ1n) is 6.50. The van der Waals surface area contributed by atoms with E-state index < -0.39 is 11.6 Å². The van der Waals surface area contributed by atoms with E-state index in [0.29, 0.717) is 5.82 Å².